The van der Waals surface area contributed by atoms with Crippen LogP contribution in [-0.4, -0.2) is 72.3 Å². The van der Waals surface area contributed by atoms with E-state index in [2.05, 4.69) is 22.0 Å². The smallest absolute Gasteiger partial charge is 0.250 e. The molecule has 0 radical (unpaired) electrons. The number of rotatable bonds is 2. The summed E-state index contributed by atoms with van der Waals surface area (Å²) in [6.45, 7) is 1.34. The maximum atomic E-state index is 11.9. The predicted molar refractivity (Wildman–Crippen MR) is 112 cm³/mol. The zero-order chi connectivity index (χ0) is 22.3. The van der Waals surface area contributed by atoms with Crippen LogP contribution in [0.15, 0.2) is 35.4 Å². The van der Waals surface area contributed by atoms with Crippen LogP contribution in [0.25, 0.3) is 22.0 Å². The molecule has 3 aromatic rings. The maximum Gasteiger partial charge on any atom is 0.250 e. The van der Waals surface area contributed by atoms with E-state index in [1.807, 2.05) is 19.1 Å². The van der Waals surface area contributed by atoms with Crippen LogP contribution in [0.5, 0.6) is 0 Å². The van der Waals surface area contributed by atoms with Gasteiger partial charge in [0.1, 0.15) is 30.5 Å². The molecule has 5 N–H and O–H groups in total. The van der Waals surface area contributed by atoms with E-state index in [1.165, 1.54) is 4.57 Å². The number of hydrogen-bond acceptors (Lipinski definition) is 7. The van der Waals surface area contributed by atoms with E-state index in [4.69, 9.17) is 4.74 Å². The Morgan fingerprint density at radius 3 is 2.71 bits per heavy atom. The molecular weight excluding hydrogens is 402 g/mol. The van der Waals surface area contributed by atoms with Crippen molar-refractivity contribution in [3.8, 4) is 23.0 Å². The van der Waals surface area contributed by atoms with Crippen molar-refractivity contribution in [3.05, 3.63) is 52.1 Å². The van der Waals surface area contributed by atoms with Crippen LogP contribution >= 0.6 is 0 Å². The number of aromatic nitrogens is 3. The zero-order valence-electron chi connectivity index (χ0n) is 17.0. The van der Waals surface area contributed by atoms with Gasteiger partial charge in [0.15, 0.2) is 0 Å². The summed E-state index contributed by atoms with van der Waals surface area (Å²) in [7, 11) is 1.68. The Morgan fingerprint density at radius 1 is 1.19 bits per heavy atom. The van der Waals surface area contributed by atoms with Crippen molar-refractivity contribution in [1.29, 1.82) is 0 Å². The summed E-state index contributed by atoms with van der Waals surface area (Å²) in [5.41, 5.74) is 3.67. The van der Waals surface area contributed by atoms with Gasteiger partial charge in [-0.05, 0) is 30.2 Å². The second-order valence-corrected chi connectivity index (χ2v) is 7.70. The van der Waals surface area contributed by atoms with Gasteiger partial charge in [0, 0.05) is 30.3 Å². The van der Waals surface area contributed by atoms with E-state index in [9.17, 15) is 25.2 Å². The van der Waals surface area contributed by atoms with Crippen LogP contribution in [0, 0.1) is 18.8 Å². The molecule has 3 unspecified atom stereocenters. The lowest BCUT2D eigenvalue weighted by molar-refractivity contribution is -0.214. The predicted octanol–water partition coefficient (Wildman–Crippen LogP) is -0.569. The summed E-state index contributed by atoms with van der Waals surface area (Å²) < 4.78 is 6.96. The Bertz CT molecular complexity index is 1240. The second-order valence-electron chi connectivity index (χ2n) is 7.70. The number of aryl methyl sites for hydroxylation is 2. The van der Waals surface area contributed by atoms with Crippen molar-refractivity contribution in [1.82, 2.24) is 14.8 Å². The molecule has 1 fully saturated rings. The van der Waals surface area contributed by atoms with Gasteiger partial charge in [0.2, 0.25) is 0 Å². The highest BCUT2D eigenvalue weighted by atomic mass is 16.5. The van der Waals surface area contributed by atoms with Crippen LogP contribution in [0.4, 0.5) is 0 Å². The number of benzene rings is 1. The SMILES string of the molecule is Cc1cc(=O)n(C)cc1-c1cc(C#C[C@H]2OC(CO)[C@@H](O)C(O)C2O)c2[nH]ncc2c1. The molecule has 1 aliphatic rings. The molecular formula is C22H23N3O6. The third-order valence-corrected chi connectivity index (χ3v) is 5.54. The lowest BCUT2D eigenvalue weighted by Crippen LogP contribution is -2.58. The van der Waals surface area contributed by atoms with Crippen molar-refractivity contribution in [3.63, 3.8) is 0 Å². The van der Waals surface area contributed by atoms with Gasteiger partial charge in [-0.3, -0.25) is 9.89 Å². The molecule has 31 heavy (non-hydrogen) atoms. The quantitative estimate of drug-likeness (QED) is 0.346. The van der Waals surface area contributed by atoms with E-state index >= 15 is 0 Å². The summed E-state index contributed by atoms with van der Waals surface area (Å²) in [6, 6.07) is 5.34. The number of hydrogen-bond donors (Lipinski definition) is 5. The third kappa shape index (κ3) is 3.87. The molecule has 0 bridgehead atoms. The van der Waals surface area contributed by atoms with E-state index in [1.54, 1.807) is 25.5 Å². The standard InChI is InChI=1S/C22H23N3O6/c1-11-5-18(27)25(2)9-15(11)13-6-12(19-14(7-13)8-23-24-19)3-4-16-20(28)22(30)21(29)17(10-26)31-16/h5-9,16-17,20-22,26,28-30H,10H2,1-2H3,(H,23,24)/t16-,17?,20?,21-,22?/m1/s1. The number of aromatic amines is 1. The summed E-state index contributed by atoms with van der Waals surface area (Å²) in [5, 5.41) is 47.3. The van der Waals surface area contributed by atoms with Gasteiger partial charge >= 0.3 is 0 Å². The van der Waals surface area contributed by atoms with Crippen molar-refractivity contribution in [2.24, 2.45) is 7.05 Å². The van der Waals surface area contributed by atoms with Gasteiger partial charge in [-0.1, -0.05) is 11.8 Å². The van der Waals surface area contributed by atoms with Crippen LogP contribution in [-0.2, 0) is 11.8 Å². The molecule has 5 atom stereocenters. The van der Waals surface area contributed by atoms with E-state index in [-0.39, 0.29) is 5.56 Å². The lowest BCUT2D eigenvalue weighted by atomic mass is 9.95. The second kappa shape index (κ2) is 8.26. The van der Waals surface area contributed by atoms with Gasteiger partial charge in [0.05, 0.1) is 23.9 Å². The van der Waals surface area contributed by atoms with Crippen LogP contribution < -0.4 is 5.56 Å². The molecule has 162 valence electrons. The highest BCUT2D eigenvalue weighted by Crippen LogP contribution is 2.28. The van der Waals surface area contributed by atoms with Crippen LogP contribution in [0.2, 0.25) is 0 Å². The van der Waals surface area contributed by atoms with Gasteiger partial charge in [-0.2, -0.15) is 5.10 Å². The Balaban J connectivity index is 1.77. The number of nitrogens with one attached hydrogen (secondary N) is 1. The summed E-state index contributed by atoms with van der Waals surface area (Å²) in [6.07, 6.45) is -3.06. The van der Waals surface area contributed by atoms with Crippen LogP contribution in [0.1, 0.15) is 11.1 Å². The molecule has 0 aliphatic carbocycles. The molecule has 3 heterocycles. The minimum atomic E-state index is -1.49. The van der Waals surface area contributed by atoms with Crippen LogP contribution in [0.3, 0.4) is 0 Å². The lowest BCUT2D eigenvalue weighted by Gasteiger charge is -2.37. The van der Waals surface area contributed by atoms with E-state index in [0.29, 0.717) is 11.1 Å². The first-order valence-electron chi connectivity index (χ1n) is 9.77. The summed E-state index contributed by atoms with van der Waals surface area (Å²) in [4.78, 5) is 11.9. The first-order chi connectivity index (χ1) is 14.8. The number of aliphatic hydroxyl groups is 4. The molecule has 1 aliphatic heterocycles. The van der Waals surface area contributed by atoms with Gasteiger partial charge in [-0.15, -0.1) is 0 Å². The van der Waals surface area contributed by atoms with Crippen molar-refractivity contribution in [2.45, 2.75) is 37.4 Å². The Labute approximate surface area is 177 Å². The first-order valence-corrected chi connectivity index (χ1v) is 9.77. The zero-order valence-corrected chi connectivity index (χ0v) is 17.0. The fourth-order valence-electron chi connectivity index (χ4n) is 3.71. The van der Waals surface area contributed by atoms with Crippen molar-refractivity contribution in [2.75, 3.05) is 6.61 Å². The molecule has 1 aromatic carbocycles. The fourth-order valence-corrected chi connectivity index (χ4v) is 3.71. The maximum absolute atomic E-state index is 11.9. The molecule has 2 aromatic heterocycles. The number of nitrogens with zero attached hydrogens (tertiary/aromatic N) is 2. The summed E-state index contributed by atoms with van der Waals surface area (Å²) >= 11 is 0. The van der Waals surface area contributed by atoms with E-state index < -0.39 is 37.1 Å². The number of fused-ring (bicyclic) bond motifs is 1. The number of ether oxygens (including phenoxy) is 1. The highest BCUT2D eigenvalue weighted by Gasteiger charge is 2.42. The third-order valence-electron chi connectivity index (χ3n) is 5.54. The Hall–Kier alpha value is -3.00. The normalized spacial score (nSPS) is 25.9. The number of pyridine rings is 1. The molecule has 0 amide bonds. The van der Waals surface area contributed by atoms with E-state index in [0.717, 1.165) is 22.1 Å². The molecule has 1 saturated heterocycles. The fraction of sp³-hybridized carbons (Fsp3) is 0.364. The highest BCUT2D eigenvalue weighted by molar-refractivity contribution is 5.89. The summed E-state index contributed by atoms with van der Waals surface area (Å²) in [5.74, 6) is 5.75. The molecule has 0 spiro atoms. The first kappa shape index (κ1) is 21.2. The largest absolute Gasteiger partial charge is 0.394 e. The minimum absolute atomic E-state index is 0.103. The monoisotopic (exact) mass is 425 g/mol. The average molecular weight is 425 g/mol. The van der Waals surface area contributed by atoms with Gasteiger partial charge in [-0.25, -0.2) is 0 Å². The molecule has 0 saturated carbocycles. The molecule has 9 nitrogen and oxygen atoms in total. The Kier molecular flexibility index (Phi) is 5.66. The van der Waals surface area contributed by atoms with Crippen molar-refractivity contribution < 1.29 is 25.2 Å². The molecule has 9 heteroatoms. The number of H-pyrrole nitrogens is 1. The topological polar surface area (TPSA) is 141 Å². The molecule has 4 rings (SSSR count). The van der Waals surface area contributed by atoms with Gasteiger partial charge in [0.25, 0.3) is 5.56 Å². The number of aliphatic hydroxyl groups excluding tert-OH is 4. The minimum Gasteiger partial charge on any atom is -0.394 e. The van der Waals surface area contributed by atoms with Crippen molar-refractivity contribution >= 4 is 10.9 Å². The van der Waals surface area contributed by atoms with Gasteiger partial charge < -0.3 is 29.7 Å². The average Bonchev–Trinajstić information content (AvgIpc) is 3.23. The Morgan fingerprint density at radius 2 is 1.97 bits per heavy atom.